The number of hydrogen-bond acceptors (Lipinski definition) is 4. The Morgan fingerprint density at radius 1 is 1.09 bits per heavy atom. The zero-order chi connectivity index (χ0) is 22.3. The smallest absolute Gasteiger partial charge is 0.244 e. The Morgan fingerprint density at radius 3 is 2.69 bits per heavy atom. The maximum Gasteiger partial charge on any atom is 0.244 e. The van der Waals surface area contributed by atoms with Crippen molar-refractivity contribution in [2.24, 2.45) is 0 Å². The summed E-state index contributed by atoms with van der Waals surface area (Å²) < 4.78 is 2.54. The van der Waals surface area contributed by atoms with Crippen molar-refractivity contribution < 1.29 is 4.79 Å². The van der Waals surface area contributed by atoms with E-state index in [0.717, 1.165) is 33.5 Å². The number of aromatic nitrogens is 3. The van der Waals surface area contributed by atoms with Crippen LogP contribution < -0.4 is 10.6 Å². The second-order valence-electron chi connectivity index (χ2n) is 7.05. The third kappa shape index (κ3) is 5.36. The summed E-state index contributed by atoms with van der Waals surface area (Å²) in [6, 6.07) is 19.3. The minimum absolute atomic E-state index is 0.114. The van der Waals surface area contributed by atoms with E-state index in [1.165, 1.54) is 0 Å². The zero-order valence-electron chi connectivity index (χ0n) is 17.1. The van der Waals surface area contributed by atoms with Crippen LogP contribution in [0.15, 0.2) is 77.4 Å². The van der Waals surface area contributed by atoms with Gasteiger partial charge in [-0.25, -0.2) is 4.98 Å². The van der Waals surface area contributed by atoms with Gasteiger partial charge in [0.05, 0.1) is 16.4 Å². The molecule has 0 spiro atoms. The molecular formula is C24H21BrClN5O. The first-order valence-electron chi connectivity index (χ1n) is 10.2. The number of nitrogens with zero attached hydrogens (tertiary/aromatic N) is 3. The van der Waals surface area contributed by atoms with E-state index >= 15 is 0 Å². The van der Waals surface area contributed by atoms with Gasteiger partial charge in [0.1, 0.15) is 5.82 Å². The minimum atomic E-state index is -0.114. The first-order valence-corrected chi connectivity index (χ1v) is 11.3. The quantitative estimate of drug-likeness (QED) is 0.244. The lowest BCUT2D eigenvalue weighted by atomic mass is 10.1. The van der Waals surface area contributed by atoms with Crippen LogP contribution in [0.25, 0.3) is 23.0 Å². The minimum Gasteiger partial charge on any atom is -0.370 e. The van der Waals surface area contributed by atoms with Gasteiger partial charge in [-0.2, -0.15) is 9.61 Å². The summed E-state index contributed by atoms with van der Waals surface area (Å²) in [6.07, 6.45) is 5.81. The molecule has 0 saturated carbocycles. The third-order valence-electron chi connectivity index (χ3n) is 4.76. The van der Waals surface area contributed by atoms with Gasteiger partial charge < -0.3 is 10.6 Å². The zero-order valence-corrected chi connectivity index (χ0v) is 19.5. The fourth-order valence-electron chi connectivity index (χ4n) is 3.18. The summed E-state index contributed by atoms with van der Waals surface area (Å²) in [6.45, 7) is 1.21. The first kappa shape index (κ1) is 22.0. The molecule has 8 heteroatoms. The van der Waals surface area contributed by atoms with Crippen LogP contribution in [0.1, 0.15) is 12.0 Å². The van der Waals surface area contributed by atoms with E-state index < -0.39 is 0 Å². The number of nitrogens with one attached hydrogen (secondary N) is 2. The van der Waals surface area contributed by atoms with E-state index in [-0.39, 0.29) is 5.91 Å². The highest BCUT2D eigenvalue weighted by Gasteiger charge is 2.13. The van der Waals surface area contributed by atoms with Crippen molar-refractivity contribution in [1.82, 2.24) is 19.9 Å². The van der Waals surface area contributed by atoms with Crippen LogP contribution in [-0.4, -0.2) is 33.6 Å². The summed E-state index contributed by atoms with van der Waals surface area (Å²) in [5.41, 5.74) is 3.30. The van der Waals surface area contributed by atoms with E-state index in [1.807, 2.05) is 60.7 Å². The number of hydrogen-bond donors (Lipinski definition) is 2. The van der Waals surface area contributed by atoms with Crippen molar-refractivity contribution in [2.45, 2.75) is 6.42 Å². The van der Waals surface area contributed by atoms with Gasteiger partial charge in [0, 0.05) is 35.8 Å². The molecule has 2 aromatic heterocycles. The molecule has 2 heterocycles. The third-order valence-corrected chi connectivity index (χ3v) is 5.65. The van der Waals surface area contributed by atoms with Crippen LogP contribution in [0.5, 0.6) is 0 Å². The number of rotatable bonds is 8. The molecule has 32 heavy (non-hydrogen) atoms. The highest BCUT2D eigenvalue weighted by Crippen LogP contribution is 2.30. The number of benzene rings is 2. The van der Waals surface area contributed by atoms with Crippen LogP contribution in [0.4, 0.5) is 5.82 Å². The monoisotopic (exact) mass is 509 g/mol. The molecule has 0 atom stereocenters. The molecule has 0 aliphatic rings. The van der Waals surface area contributed by atoms with Crippen LogP contribution >= 0.6 is 27.5 Å². The molecular weight excluding hydrogens is 490 g/mol. The summed E-state index contributed by atoms with van der Waals surface area (Å²) in [5.74, 6) is 0.683. The van der Waals surface area contributed by atoms with Crippen molar-refractivity contribution in [2.75, 3.05) is 18.4 Å². The van der Waals surface area contributed by atoms with Gasteiger partial charge in [0.25, 0.3) is 0 Å². The van der Waals surface area contributed by atoms with E-state index in [1.54, 1.807) is 22.9 Å². The number of anilines is 1. The fourth-order valence-corrected chi connectivity index (χ4v) is 3.76. The molecule has 0 aliphatic heterocycles. The first-order chi connectivity index (χ1) is 15.6. The van der Waals surface area contributed by atoms with Gasteiger partial charge >= 0.3 is 0 Å². The SMILES string of the molecule is O=C(C=Cc1ccccc1)NCCCNc1cc(-c2ccccc2Cl)nc2c(Br)cnn12. The molecule has 0 bridgehead atoms. The van der Waals surface area contributed by atoms with Crippen molar-refractivity contribution in [1.29, 1.82) is 0 Å². The Labute approximate surface area is 199 Å². The maximum absolute atomic E-state index is 12.0. The maximum atomic E-state index is 12.0. The van der Waals surface area contributed by atoms with Gasteiger partial charge in [0.2, 0.25) is 5.91 Å². The van der Waals surface area contributed by atoms with E-state index in [2.05, 4.69) is 31.7 Å². The lowest BCUT2D eigenvalue weighted by Gasteiger charge is -2.11. The molecule has 2 aromatic carbocycles. The number of halogens is 2. The number of fused-ring (bicyclic) bond motifs is 1. The van der Waals surface area contributed by atoms with Crippen LogP contribution in [0.2, 0.25) is 5.02 Å². The van der Waals surface area contributed by atoms with Crippen molar-refractivity contribution in [3.63, 3.8) is 0 Å². The molecule has 1 amide bonds. The van der Waals surface area contributed by atoms with Gasteiger partial charge in [-0.1, -0.05) is 60.1 Å². The molecule has 4 aromatic rings. The molecule has 6 nitrogen and oxygen atoms in total. The Hall–Kier alpha value is -3.16. The molecule has 0 unspecified atom stereocenters. The summed E-state index contributed by atoms with van der Waals surface area (Å²) in [7, 11) is 0. The Kier molecular flexibility index (Phi) is 7.19. The van der Waals surface area contributed by atoms with Gasteiger partial charge in [-0.05, 0) is 40.1 Å². The van der Waals surface area contributed by atoms with Gasteiger partial charge in [-0.15, -0.1) is 0 Å². The average molecular weight is 511 g/mol. The lowest BCUT2D eigenvalue weighted by Crippen LogP contribution is -2.24. The molecule has 0 saturated heterocycles. The number of amides is 1. The molecule has 162 valence electrons. The van der Waals surface area contributed by atoms with Gasteiger partial charge in [-0.3, -0.25) is 4.79 Å². The summed E-state index contributed by atoms with van der Waals surface area (Å²) in [4.78, 5) is 16.7. The number of carbonyl (C=O) groups is 1. The Bertz CT molecular complexity index is 1260. The van der Waals surface area contributed by atoms with Crippen molar-refractivity contribution in [3.05, 3.63) is 88.0 Å². The average Bonchev–Trinajstić information content (AvgIpc) is 3.19. The summed E-state index contributed by atoms with van der Waals surface area (Å²) >= 11 is 9.88. The predicted octanol–water partition coefficient (Wildman–Crippen LogP) is 5.44. The second-order valence-corrected chi connectivity index (χ2v) is 8.31. The summed E-state index contributed by atoms with van der Waals surface area (Å²) in [5, 5.41) is 11.3. The van der Waals surface area contributed by atoms with E-state index in [9.17, 15) is 4.79 Å². The lowest BCUT2D eigenvalue weighted by molar-refractivity contribution is -0.116. The Balaban J connectivity index is 1.37. The van der Waals surface area contributed by atoms with Crippen molar-refractivity contribution in [3.8, 4) is 11.3 Å². The Morgan fingerprint density at radius 2 is 1.88 bits per heavy atom. The van der Waals surface area contributed by atoms with Gasteiger partial charge in [0.15, 0.2) is 5.65 Å². The predicted molar refractivity (Wildman–Crippen MR) is 133 cm³/mol. The fraction of sp³-hybridized carbons (Fsp3) is 0.125. The highest BCUT2D eigenvalue weighted by molar-refractivity contribution is 9.10. The van der Waals surface area contributed by atoms with E-state index in [4.69, 9.17) is 16.6 Å². The second kappa shape index (κ2) is 10.4. The van der Waals surface area contributed by atoms with Crippen molar-refractivity contribution >= 4 is 51.0 Å². The normalized spacial score (nSPS) is 11.2. The molecule has 0 radical (unpaired) electrons. The van der Waals surface area contributed by atoms with Crippen LogP contribution in [-0.2, 0) is 4.79 Å². The molecule has 2 N–H and O–H groups in total. The topological polar surface area (TPSA) is 71.3 Å². The van der Waals surface area contributed by atoms with E-state index in [0.29, 0.717) is 23.8 Å². The molecule has 0 fully saturated rings. The van der Waals surface area contributed by atoms with Crippen LogP contribution in [0, 0.1) is 0 Å². The molecule has 0 aliphatic carbocycles. The highest BCUT2D eigenvalue weighted by atomic mass is 79.9. The van der Waals surface area contributed by atoms with Crippen LogP contribution in [0.3, 0.4) is 0 Å². The largest absolute Gasteiger partial charge is 0.370 e. The standard InChI is InChI=1S/C24H21BrClN5O/c25-19-16-29-31-22(15-21(30-24(19)31)18-9-4-5-10-20(18)26)27-13-6-14-28-23(32)12-11-17-7-2-1-3-8-17/h1-5,7-12,15-16,27H,6,13-14H2,(H,28,32). The number of carbonyl (C=O) groups excluding carboxylic acids is 1. The molecule has 4 rings (SSSR count).